The van der Waals surface area contributed by atoms with E-state index in [4.69, 9.17) is 5.11 Å². The third kappa shape index (κ3) is 16.6. The van der Waals surface area contributed by atoms with Gasteiger partial charge in [-0.1, -0.05) is 120 Å². The van der Waals surface area contributed by atoms with Crippen molar-refractivity contribution in [1.82, 2.24) is 0 Å². The summed E-state index contributed by atoms with van der Waals surface area (Å²) >= 11 is 0. The number of aliphatic carboxylic acids is 1. The van der Waals surface area contributed by atoms with Crippen LogP contribution in [0.25, 0.3) is 0 Å². The van der Waals surface area contributed by atoms with Gasteiger partial charge in [0.15, 0.2) is 0 Å². The predicted octanol–water partition coefficient (Wildman–Crippen LogP) is 7.95. The highest BCUT2D eigenvalue weighted by Crippen LogP contribution is 2.14. The number of carboxylic acids is 1. The van der Waals surface area contributed by atoms with Crippen molar-refractivity contribution in [2.75, 3.05) is 0 Å². The minimum Gasteiger partial charge on any atom is -0.481 e. The first-order valence-corrected chi connectivity index (χ1v) is 11.5. The highest BCUT2D eigenvalue weighted by Gasteiger charge is 1.97. The molecule has 1 aromatic carbocycles. The summed E-state index contributed by atoms with van der Waals surface area (Å²) in [6.07, 6.45) is 22.7. The Balaban J connectivity index is 1.69. The summed E-state index contributed by atoms with van der Waals surface area (Å²) in [4.78, 5) is 10.4. The second-order valence-corrected chi connectivity index (χ2v) is 8.04. The number of carboxylic acid groups (broad SMARTS) is 1. The molecule has 0 saturated carbocycles. The molecule has 27 heavy (non-hydrogen) atoms. The highest BCUT2D eigenvalue weighted by molar-refractivity contribution is 5.66. The fourth-order valence-electron chi connectivity index (χ4n) is 3.72. The number of hydrogen-bond acceptors (Lipinski definition) is 1. The fraction of sp³-hybridized carbons (Fsp3) is 0.720. The molecular formula is C25H42O2. The van der Waals surface area contributed by atoms with Crippen molar-refractivity contribution in [3.63, 3.8) is 0 Å². The second kappa shape index (κ2) is 18.1. The Morgan fingerprint density at radius 2 is 0.926 bits per heavy atom. The van der Waals surface area contributed by atoms with Gasteiger partial charge in [0.1, 0.15) is 0 Å². The topological polar surface area (TPSA) is 37.3 Å². The van der Waals surface area contributed by atoms with Gasteiger partial charge >= 0.3 is 5.97 Å². The van der Waals surface area contributed by atoms with E-state index >= 15 is 0 Å². The molecule has 0 heterocycles. The molecule has 0 radical (unpaired) electrons. The zero-order valence-electron chi connectivity index (χ0n) is 17.5. The van der Waals surface area contributed by atoms with Crippen molar-refractivity contribution in [3.05, 3.63) is 35.9 Å². The van der Waals surface area contributed by atoms with Crippen molar-refractivity contribution in [1.29, 1.82) is 0 Å². The maximum atomic E-state index is 10.4. The summed E-state index contributed by atoms with van der Waals surface area (Å²) in [5.74, 6) is -0.655. The number of unbranched alkanes of at least 4 members (excludes halogenated alkanes) is 15. The largest absolute Gasteiger partial charge is 0.481 e. The Morgan fingerprint density at radius 3 is 1.33 bits per heavy atom. The number of carbonyl (C=O) groups is 1. The van der Waals surface area contributed by atoms with E-state index in [1.807, 2.05) is 0 Å². The standard InChI is InChI=1S/C25H42O2/c26-25(27)23-19-14-12-10-8-6-4-2-1-3-5-7-9-11-13-16-20-24-21-17-15-18-22-24/h15,17-18,21-22H,1-14,16,19-20,23H2,(H,26,27). The summed E-state index contributed by atoms with van der Waals surface area (Å²) < 4.78 is 0. The molecule has 0 amide bonds. The molecule has 0 aliphatic heterocycles. The minimum atomic E-state index is -0.655. The van der Waals surface area contributed by atoms with Crippen LogP contribution in [-0.4, -0.2) is 11.1 Å². The molecule has 0 bridgehead atoms. The Morgan fingerprint density at radius 1 is 0.556 bits per heavy atom. The molecule has 2 heteroatoms. The van der Waals surface area contributed by atoms with Gasteiger partial charge in [-0.3, -0.25) is 4.79 Å². The van der Waals surface area contributed by atoms with Gasteiger partial charge in [0.2, 0.25) is 0 Å². The molecule has 0 saturated heterocycles. The van der Waals surface area contributed by atoms with Crippen molar-refractivity contribution < 1.29 is 9.90 Å². The molecule has 1 aromatic rings. The van der Waals surface area contributed by atoms with E-state index in [1.54, 1.807) is 0 Å². The lowest BCUT2D eigenvalue weighted by atomic mass is 10.0. The molecule has 1 N–H and O–H groups in total. The first-order valence-electron chi connectivity index (χ1n) is 11.5. The van der Waals surface area contributed by atoms with E-state index in [0.717, 1.165) is 12.8 Å². The molecule has 0 spiro atoms. The number of benzene rings is 1. The zero-order chi connectivity index (χ0) is 19.4. The summed E-state index contributed by atoms with van der Waals surface area (Å²) in [6, 6.07) is 10.9. The fourth-order valence-corrected chi connectivity index (χ4v) is 3.72. The predicted molar refractivity (Wildman–Crippen MR) is 116 cm³/mol. The first-order chi connectivity index (χ1) is 13.3. The van der Waals surface area contributed by atoms with Crippen LogP contribution in [-0.2, 0) is 11.2 Å². The summed E-state index contributed by atoms with van der Waals surface area (Å²) in [5.41, 5.74) is 1.48. The van der Waals surface area contributed by atoms with Crippen LogP contribution < -0.4 is 0 Å². The van der Waals surface area contributed by atoms with E-state index in [1.165, 1.54) is 102 Å². The van der Waals surface area contributed by atoms with Crippen LogP contribution in [0.4, 0.5) is 0 Å². The summed E-state index contributed by atoms with van der Waals surface area (Å²) in [7, 11) is 0. The quantitative estimate of drug-likeness (QED) is 0.249. The van der Waals surface area contributed by atoms with Gasteiger partial charge in [-0.05, 0) is 24.8 Å². The molecule has 0 aliphatic carbocycles. The third-order valence-corrected chi connectivity index (χ3v) is 5.45. The monoisotopic (exact) mass is 374 g/mol. The minimum absolute atomic E-state index is 0.341. The maximum Gasteiger partial charge on any atom is 0.303 e. The molecule has 0 unspecified atom stereocenters. The highest BCUT2D eigenvalue weighted by atomic mass is 16.4. The van der Waals surface area contributed by atoms with Crippen LogP contribution in [0.3, 0.4) is 0 Å². The molecule has 0 fully saturated rings. The van der Waals surface area contributed by atoms with E-state index in [0.29, 0.717) is 6.42 Å². The number of hydrogen-bond donors (Lipinski definition) is 1. The normalized spacial score (nSPS) is 11.0. The Bertz CT molecular complexity index is 441. The Labute approximate surface area is 167 Å². The van der Waals surface area contributed by atoms with Crippen molar-refractivity contribution >= 4 is 5.97 Å². The summed E-state index contributed by atoms with van der Waals surface area (Å²) in [6.45, 7) is 0. The molecule has 0 aromatic heterocycles. The average Bonchev–Trinajstić information content (AvgIpc) is 2.67. The molecule has 1 rings (SSSR count). The Hall–Kier alpha value is -1.31. The lowest BCUT2D eigenvalue weighted by Crippen LogP contribution is -1.93. The first kappa shape index (κ1) is 23.7. The molecule has 0 atom stereocenters. The third-order valence-electron chi connectivity index (χ3n) is 5.45. The maximum absolute atomic E-state index is 10.4. The van der Waals surface area contributed by atoms with Gasteiger partial charge in [0.05, 0.1) is 0 Å². The van der Waals surface area contributed by atoms with Gasteiger partial charge in [-0.15, -0.1) is 0 Å². The van der Waals surface area contributed by atoms with Crippen LogP contribution in [0, 0.1) is 0 Å². The van der Waals surface area contributed by atoms with Crippen LogP contribution in [0.1, 0.15) is 115 Å². The van der Waals surface area contributed by atoms with Gasteiger partial charge in [0, 0.05) is 6.42 Å². The van der Waals surface area contributed by atoms with Crippen LogP contribution in [0.2, 0.25) is 0 Å². The number of rotatable bonds is 19. The van der Waals surface area contributed by atoms with E-state index < -0.39 is 5.97 Å². The van der Waals surface area contributed by atoms with E-state index in [-0.39, 0.29) is 0 Å². The SMILES string of the molecule is O=C(O)CCCCCCCCCCCCCCCCCCc1ccccc1. The zero-order valence-corrected chi connectivity index (χ0v) is 17.5. The van der Waals surface area contributed by atoms with Crippen LogP contribution in [0.5, 0.6) is 0 Å². The van der Waals surface area contributed by atoms with Gasteiger partial charge < -0.3 is 5.11 Å². The van der Waals surface area contributed by atoms with Crippen LogP contribution in [0.15, 0.2) is 30.3 Å². The molecule has 2 nitrogen and oxygen atoms in total. The van der Waals surface area contributed by atoms with Gasteiger partial charge in [-0.25, -0.2) is 0 Å². The van der Waals surface area contributed by atoms with E-state index in [9.17, 15) is 4.79 Å². The lowest BCUT2D eigenvalue weighted by molar-refractivity contribution is -0.137. The average molecular weight is 375 g/mol. The molecule has 154 valence electrons. The van der Waals surface area contributed by atoms with Crippen LogP contribution >= 0.6 is 0 Å². The molecule has 0 aliphatic rings. The van der Waals surface area contributed by atoms with Crippen molar-refractivity contribution in [3.8, 4) is 0 Å². The second-order valence-electron chi connectivity index (χ2n) is 8.04. The van der Waals surface area contributed by atoms with Gasteiger partial charge in [0.25, 0.3) is 0 Å². The number of aryl methyl sites for hydroxylation is 1. The van der Waals surface area contributed by atoms with Crippen molar-refractivity contribution in [2.45, 2.75) is 116 Å². The lowest BCUT2D eigenvalue weighted by Gasteiger charge is -2.04. The Kier molecular flexibility index (Phi) is 15.9. The molecular weight excluding hydrogens is 332 g/mol. The van der Waals surface area contributed by atoms with Gasteiger partial charge in [-0.2, -0.15) is 0 Å². The smallest absolute Gasteiger partial charge is 0.303 e. The summed E-state index contributed by atoms with van der Waals surface area (Å²) in [5, 5.41) is 8.58. The van der Waals surface area contributed by atoms with Crippen molar-refractivity contribution in [2.24, 2.45) is 0 Å². The van der Waals surface area contributed by atoms with E-state index in [2.05, 4.69) is 30.3 Å².